The van der Waals surface area contributed by atoms with Crippen LogP contribution in [0.3, 0.4) is 0 Å². The van der Waals surface area contributed by atoms with Gasteiger partial charge in [0.1, 0.15) is 5.69 Å². The van der Waals surface area contributed by atoms with E-state index in [2.05, 4.69) is 5.32 Å². The van der Waals surface area contributed by atoms with Crippen LogP contribution in [-0.2, 0) is 4.79 Å². The molecule has 8 nitrogen and oxygen atoms in total. The molecule has 0 aliphatic heterocycles. The second-order valence-corrected chi connectivity index (χ2v) is 4.07. The summed E-state index contributed by atoms with van der Waals surface area (Å²) >= 11 is 0. The first kappa shape index (κ1) is 15.5. The van der Waals surface area contributed by atoms with E-state index in [9.17, 15) is 25.0 Å². The smallest absolute Gasteiger partial charge is 0.368 e. The number of nitrogens with one attached hydrogen (secondary N) is 1. The lowest BCUT2D eigenvalue weighted by atomic mass is 10.2. The minimum absolute atomic E-state index is 0.131. The molecule has 1 radical (unpaired) electrons. The first-order chi connectivity index (χ1) is 9.57. The molecule has 0 saturated carbocycles. The SMILES string of the molecule is O=[C]CCCCCNc1cccc([N+](=O)[O-])c1[N+](=O)[O-]. The summed E-state index contributed by atoms with van der Waals surface area (Å²) in [6.07, 6.45) is 4.36. The van der Waals surface area contributed by atoms with Crippen molar-refractivity contribution in [3.05, 3.63) is 38.4 Å². The number of carbonyl (C=O) groups excluding carboxylic acids is 1. The lowest BCUT2D eigenvalue weighted by molar-refractivity contribution is -0.421. The van der Waals surface area contributed by atoms with Crippen molar-refractivity contribution >= 4 is 23.3 Å². The Morgan fingerprint density at radius 1 is 1.10 bits per heavy atom. The molecule has 0 bridgehead atoms. The second-order valence-electron chi connectivity index (χ2n) is 4.07. The van der Waals surface area contributed by atoms with Gasteiger partial charge in [-0.15, -0.1) is 0 Å². The number of nitro groups is 2. The molecule has 1 rings (SSSR count). The number of rotatable bonds is 9. The van der Waals surface area contributed by atoms with E-state index < -0.39 is 21.2 Å². The normalized spacial score (nSPS) is 10.0. The Kier molecular flexibility index (Phi) is 6.08. The molecular weight excluding hydrogens is 266 g/mol. The van der Waals surface area contributed by atoms with Crippen molar-refractivity contribution in [2.24, 2.45) is 0 Å². The Hall–Kier alpha value is -2.51. The third-order valence-corrected chi connectivity index (χ3v) is 2.67. The van der Waals surface area contributed by atoms with Gasteiger partial charge in [-0.2, -0.15) is 0 Å². The Bertz CT molecular complexity index is 504. The van der Waals surface area contributed by atoms with E-state index in [1.807, 2.05) is 0 Å². The molecule has 1 N–H and O–H groups in total. The fraction of sp³-hybridized carbons (Fsp3) is 0.417. The summed E-state index contributed by atoms with van der Waals surface area (Å²) in [7, 11) is 0. The first-order valence-electron chi connectivity index (χ1n) is 6.08. The Labute approximate surface area is 115 Å². The molecule has 1 aromatic rings. The van der Waals surface area contributed by atoms with Crippen LogP contribution in [0.1, 0.15) is 25.7 Å². The van der Waals surface area contributed by atoms with E-state index in [4.69, 9.17) is 0 Å². The van der Waals surface area contributed by atoms with E-state index in [1.165, 1.54) is 12.1 Å². The van der Waals surface area contributed by atoms with Gasteiger partial charge in [0.25, 0.3) is 0 Å². The summed E-state index contributed by atoms with van der Waals surface area (Å²) in [5.41, 5.74) is -0.930. The summed E-state index contributed by atoms with van der Waals surface area (Å²) in [6, 6.07) is 3.93. The lowest BCUT2D eigenvalue weighted by Crippen LogP contribution is -2.06. The molecule has 0 spiro atoms. The van der Waals surface area contributed by atoms with Crippen LogP contribution in [-0.4, -0.2) is 22.7 Å². The van der Waals surface area contributed by atoms with Gasteiger partial charge in [0, 0.05) is 19.0 Å². The van der Waals surface area contributed by atoms with Crippen molar-refractivity contribution in [3.8, 4) is 0 Å². The number of benzene rings is 1. The van der Waals surface area contributed by atoms with Gasteiger partial charge in [0.05, 0.1) is 9.85 Å². The van der Waals surface area contributed by atoms with Crippen LogP contribution in [0, 0.1) is 20.2 Å². The molecule has 0 fully saturated rings. The van der Waals surface area contributed by atoms with Crippen molar-refractivity contribution in [3.63, 3.8) is 0 Å². The van der Waals surface area contributed by atoms with Crippen LogP contribution in [0.5, 0.6) is 0 Å². The van der Waals surface area contributed by atoms with E-state index in [0.717, 1.165) is 12.5 Å². The molecule has 0 unspecified atom stereocenters. The number of unbranched alkanes of at least 4 members (excludes halogenated alkanes) is 3. The van der Waals surface area contributed by atoms with E-state index in [-0.39, 0.29) is 5.69 Å². The maximum Gasteiger partial charge on any atom is 0.368 e. The zero-order chi connectivity index (χ0) is 15.0. The second kappa shape index (κ2) is 7.82. The Balaban J connectivity index is 2.70. The van der Waals surface area contributed by atoms with Crippen LogP contribution in [0.15, 0.2) is 18.2 Å². The lowest BCUT2D eigenvalue weighted by Gasteiger charge is -2.06. The van der Waals surface area contributed by atoms with Crippen LogP contribution in [0.4, 0.5) is 17.1 Å². The minimum Gasteiger partial charge on any atom is -0.379 e. The van der Waals surface area contributed by atoms with E-state index >= 15 is 0 Å². The van der Waals surface area contributed by atoms with Crippen LogP contribution in [0.2, 0.25) is 0 Å². The molecule has 1 aromatic carbocycles. The molecule has 0 amide bonds. The standard InChI is InChI=1S/C12H14N3O5/c16-9-4-2-1-3-8-13-10-6-5-7-11(14(17)18)12(10)15(19)20/h5-7,13H,1-4,8H2. The number of hydrogen-bond acceptors (Lipinski definition) is 6. The number of hydrogen-bond donors (Lipinski definition) is 1. The maximum atomic E-state index is 10.9. The molecule has 107 valence electrons. The van der Waals surface area contributed by atoms with Crippen molar-refractivity contribution < 1.29 is 14.6 Å². The number of nitro benzene ring substituents is 2. The Morgan fingerprint density at radius 2 is 1.85 bits per heavy atom. The number of anilines is 1. The summed E-state index contributed by atoms with van der Waals surface area (Å²) in [4.78, 5) is 30.2. The molecule has 0 aliphatic rings. The molecule has 0 aromatic heterocycles. The highest BCUT2D eigenvalue weighted by atomic mass is 16.6. The maximum absolute atomic E-state index is 10.9. The molecular formula is C12H14N3O5. The highest BCUT2D eigenvalue weighted by Gasteiger charge is 2.27. The monoisotopic (exact) mass is 280 g/mol. The number of para-hydroxylation sites is 1. The van der Waals surface area contributed by atoms with Gasteiger partial charge < -0.3 is 5.32 Å². The van der Waals surface area contributed by atoms with E-state index in [1.54, 1.807) is 6.29 Å². The highest BCUT2D eigenvalue weighted by molar-refractivity contribution is 5.71. The van der Waals surface area contributed by atoms with Gasteiger partial charge >= 0.3 is 11.4 Å². The zero-order valence-electron chi connectivity index (χ0n) is 10.7. The summed E-state index contributed by atoms with van der Waals surface area (Å²) < 4.78 is 0. The third-order valence-electron chi connectivity index (χ3n) is 2.67. The minimum atomic E-state index is -0.775. The van der Waals surface area contributed by atoms with E-state index in [0.29, 0.717) is 25.8 Å². The number of nitrogens with zero attached hydrogens (tertiary/aromatic N) is 2. The van der Waals surface area contributed by atoms with Gasteiger partial charge in [-0.05, 0) is 18.9 Å². The topological polar surface area (TPSA) is 115 Å². The fourth-order valence-corrected chi connectivity index (χ4v) is 1.74. The predicted octanol–water partition coefficient (Wildman–Crippen LogP) is 2.58. The van der Waals surface area contributed by atoms with Gasteiger partial charge in [0.15, 0.2) is 6.29 Å². The van der Waals surface area contributed by atoms with Crippen molar-refractivity contribution in [2.45, 2.75) is 25.7 Å². The van der Waals surface area contributed by atoms with Crippen LogP contribution >= 0.6 is 0 Å². The molecule has 20 heavy (non-hydrogen) atoms. The third kappa shape index (κ3) is 4.30. The molecule has 8 heteroatoms. The zero-order valence-corrected chi connectivity index (χ0v) is 10.7. The van der Waals surface area contributed by atoms with Gasteiger partial charge in [0.2, 0.25) is 0 Å². The average molecular weight is 280 g/mol. The molecule has 0 atom stereocenters. The molecule has 0 saturated heterocycles. The fourth-order valence-electron chi connectivity index (χ4n) is 1.74. The van der Waals surface area contributed by atoms with Crippen molar-refractivity contribution in [2.75, 3.05) is 11.9 Å². The summed E-state index contributed by atoms with van der Waals surface area (Å²) in [5, 5.41) is 24.5. The first-order valence-corrected chi connectivity index (χ1v) is 6.08. The van der Waals surface area contributed by atoms with Gasteiger partial charge in [-0.3, -0.25) is 25.0 Å². The van der Waals surface area contributed by atoms with Gasteiger partial charge in [-0.25, -0.2) is 0 Å². The average Bonchev–Trinajstić information content (AvgIpc) is 2.42. The molecule has 0 heterocycles. The Morgan fingerprint density at radius 3 is 2.45 bits per heavy atom. The van der Waals surface area contributed by atoms with Crippen molar-refractivity contribution in [1.29, 1.82) is 0 Å². The quantitative estimate of drug-likeness (QED) is 0.422. The van der Waals surface area contributed by atoms with Gasteiger partial charge in [-0.1, -0.05) is 12.5 Å². The summed E-state index contributed by atoms with van der Waals surface area (Å²) in [5.74, 6) is 0. The van der Waals surface area contributed by atoms with Crippen LogP contribution < -0.4 is 5.32 Å². The predicted molar refractivity (Wildman–Crippen MR) is 72.4 cm³/mol. The highest BCUT2D eigenvalue weighted by Crippen LogP contribution is 2.34. The molecule has 0 aliphatic carbocycles. The van der Waals surface area contributed by atoms with Crippen LogP contribution in [0.25, 0.3) is 0 Å². The van der Waals surface area contributed by atoms with Crippen molar-refractivity contribution in [1.82, 2.24) is 0 Å². The largest absolute Gasteiger partial charge is 0.379 e. The summed E-state index contributed by atoms with van der Waals surface area (Å²) in [6.45, 7) is 0.445.